The van der Waals surface area contributed by atoms with E-state index >= 15 is 0 Å². The molecule has 2 unspecified atom stereocenters. The van der Waals surface area contributed by atoms with Gasteiger partial charge in [-0.2, -0.15) is 0 Å². The Morgan fingerprint density at radius 3 is 2.56 bits per heavy atom. The molecule has 102 valence electrons. The Balaban J connectivity index is 0.00000289. The molecule has 1 heterocycles. The van der Waals surface area contributed by atoms with Crippen molar-refractivity contribution in [2.45, 2.75) is 19.0 Å². The van der Waals surface area contributed by atoms with Gasteiger partial charge in [0, 0.05) is 26.6 Å². The number of hydrogen-bond acceptors (Lipinski definition) is 4. The van der Waals surface area contributed by atoms with Gasteiger partial charge < -0.3 is 15.4 Å². The number of amides is 1. The van der Waals surface area contributed by atoms with E-state index in [1.807, 2.05) is 19.1 Å². The van der Waals surface area contributed by atoms with Crippen molar-refractivity contribution in [2.24, 2.45) is 5.73 Å². The van der Waals surface area contributed by atoms with E-state index in [4.69, 9.17) is 10.5 Å². The number of nitrogens with zero attached hydrogens (tertiary/aromatic N) is 2. The van der Waals surface area contributed by atoms with Crippen molar-refractivity contribution in [3.8, 4) is 0 Å². The first kappa shape index (κ1) is 16.8. The van der Waals surface area contributed by atoms with Crippen LogP contribution in [0.1, 0.15) is 18.5 Å². The van der Waals surface area contributed by atoms with E-state index in [-0.39, 0.29) is 31.0 Å². The van der Waals surface area contributed by atoms with Crippen molar-refractivity contribution in [2.75, 3.05) is 20.8 Å². The van der Waals surface area contributed by atoms with Crippen LogP contribution in [0.2, 0.25) is 0 Å². The number of rotatable bonds is 5. The number of likely N-dealkylation sites (N-methyl/N-ethyl adjacent to an activating group) is 1. The minimum Gasteiger partial charge on any atom is -0.383 e. The fourth-order valence-electron chi connectivity index (χ4n) is 1.57. The molecule has 1 aromatic heterocycles. The van der Waals surface area contributed by atoms with E-state index in [0.29, 0.717) is 0 Å². The number of methoxy groups -OCH3 is 1. The molecule has 18 heavy (non-hydrogen) atoms. The molecule has 1 amide bonds. The van der Waals surface area contributed by atoms with Crippen LogP contribution in [-0.4, -0.2) is 42.6 Å². The molecule has 0 spiro atoms. The molecule has 0 saturated carbocycles. The largest absolute Gasteiger partial charge is 0.383 e. The maximum atomic E-state index is 12.0. The lowest BCUT2D eigenvalue weighted by molar-refractivity contribution is -0.134. The zero-order valence-electron chi connectivity index (χ0n) is 10.9. The zero-order valence-corrected chi connectivity index (χ0v) is 11.7. The number of nitrogens with two attached hydrogens (primary N) is 1. The van der Waals surface area contributed by atoms with Crippen LogP contribution >= 0.6 is 12.4 Å². The summed E-state index contributed by atoms with van der Waals surface area (Å²) in [6.07, 6.45) is 3.42. The van der Waals surface area contributed by atoms with Crippen LogP contribution in [0.25, 0.3) is 0 Å². The number of carbonyl (C=O) groups is 1. The van der Waals surface area contributed by atoms with Crippen LogP contribution in [0.4, 0.5) is 0 Å². The highest BCUT2D eigenvalue weighted by molar-refractivity contribution is 5.85. The van der Waals surface area contributed by atoms with Gasteiger partial charge in [-0.15, -0.1) is 12.4 Å². The molecular formula is C12H20ClN3O2. The molecule has 5 nitrogen and oxygen atoms in total. The van der Waals surface area contributed by atoms with Crippen LogP contribution in [-0.2, 0) is 9.53 Å². The Morgan fingerprint density at radius 2 is 2.06 bits per heavy atom. The summed E-state index contributed by atoms with van der Waals surface area (Å²) in [5, 5.41) is 0. The summed E-state index contributed by atoms with van der Waals surface area (Å²) < 4.78 is 4.88. The Bertz CT molecular complexity index is 362. The quantitative estimate of drug-likeness (QED) is 0.869. The van der Waals surface area contributed by atoms with Gasteiger partial charge in [-0.1, -0.05) is 0 Å². The Morgan fingerprint density at radius 1 is 1.50 bits per heavy atom. The van der Waals surface area contributed by atoms with Gasteiger partial charge >= 0.3 is 0 Å². The maximum absolute atomic E-state index is 12.0. The molecule has 2 atom stereocenters. The van der Waals surface area contributed by atoms with Crippen LogP contribution in [0, 0.1) is 0 Å². The summed E-state index contributed by atoms with van der Waals surface area (Å²) in [6.45, 7) is 2.18. The SMILES string of the molecule is COCC(N)C(=O)N(C)C(C)c1ccncc1.Cl. The van der Waals surface area contributed by atoms with Gasteiger partial charge in [0.25, 0.3) is 0 Å². The second-order valence-electron chi connectivity index (χ2n) is 3.97. The number of carbonyl (C=O) groups excluding carboxylic acids is 1. The molecule has 1 aromatic rings. The van der Waals surface area contributed by atoms with E-state index in [2.05, 4.69) is 4.98 Å². The first-order valence-corrected chi connectivity index (χ1v) is 5.49. The third-order valence-corrected chi connectivity index (χ3v) is 2.78. The van der Waals surface area contributed by atoms with Gasteiger partial charge in [0.2, 0.25) is 5.91 Å². The van der Waals surface area contributed by atoms with Gasteiger partial charge in [-0.25, -0.2) is 0 Å². The molecule has 0 radical (unpaired) electrons. The fourth-order valence-corrected chi connectivity index (χ4v) is 1.57. The number of aromatic nitrogens is 1. The van der Waals surface area contributed by atoms with Gasteiger partial charge in [0.1, 0.15) is 6.04 Å². The van der Waals surface area contributed by atoms with Gasteiger partial charge in [-0.3, -0.25) is 9.78 Å². The lowest BCUT2D eigenvalue weighted by Gasteiger charge is -2.27. The third-order valence-electron chi connectivity index (χ3n) is 2.78. The van der Waals surface area contributed by atoms with Crippen molar-refractivity contribution in [3.05, 3.63) is 30.1 Å². The second-order valence-corrected chi connectivity index (χ2v) is 3.97. The standard InChI is InChI=1S/C12H19N3O2.ClH/c1-9(10-4-6-14-7-5-10)15(2)12(16)11(13)8-17-3;/h4-7,9,11H,8,13H2,1-3H3;1H. The summed E-state index contributed by atoms with van der Waals surface area (Å²) in [5.41, 5.74) is 6.74. The maximum Gasteiger partial charge on any atom is 0.242 e. The normalized spacial score (nSPS) is 13.3. The number of pyridine rings is 1. The van der Waals surface area contributed by atoms with Crippen LogP contribution in [0.15, 0.2) is 24.5 Å². The van der Waals surface area contributed by atoms with E-state index in [1.165, 1.54) is 7.11 Å². The fraction of sp³-hybridized carbons (Fsp3) is 0.500. The van der Waals surface area contributed by atoms with E-state index in [1.54, 1.807) is 24.3 Å². The molecule has 0 aliphatic carbocycles. The summed E-state index contributed by atoms with van der Waals surface area (Å²) in [5.74, 6) is -0.129. The second kappa shape index (κ2) is 8.02. The summed E-state index contributed by atoms with van der Waals surface area (Å²) in [7, 11) is 3.27. The van der Waals surface area contributed by atoms with Gasteiger partial charge in [0.15, 0.2) is 0 Å². The predicted octanol–water partition coefficient (Wildman–Crippen LogP) is 0.997. The monoisotopic (exact) mass is 273 g/mol. The summed E-state index contributed by atoms with van der Waals surface area (Å²) in [4.78, 5) is 17.5. The van der Waals surface area contributed by atoms with E-state index < -0.39 is 6.04 Å². The molecule has 2 N–H and O–H groups in total. The predicted molar refractivity (Wildman–Crippen MR) is 72.5 cm³/mol. The summed E-state index contributed by atoms with van der Waals surface area (Å²) in [6, 6.07) is 3.12. The highest BCUT2D eigenvalue weighted by Gasteiger charge is 2.22. The lowest BCUT2D eigenvalue weighted by atomic mass is 10.1. The molecule has 0 aliphatic rings. The average molecular weight is 274 g/mol. The first-order chi connectivity index (χ1) is 8.07. The molecule has 0 fully saturated rings. The highest BCUT2D eigenvalue weighted by atomic mass is 35.5. The van der Waals surface area contributed by atoms with Crippen molar-refractivity contribution in [3.63, 3.8) is 0 Å². The Kier molecular flexibility index (Phi) is 7.50. The molecule has 1 rings (SSSR count). The van der Waals surface area contributed by atoms with Gasteiger partial charge in [-0.05, 0) is 24.6 Å². The highest BCUT2D eigenvalue weighted by Crippen LogP contribution is 2.17. The van der Waals surface area contributed by atoms with E-state index in [9.17, 15) is 4.79 Å². The topological polar surface area (TPSA) is 68.5 Å². The minimum absolute atomic E-state index is 0. The molecule has 0 aliphatic heterocycles. The van der Waals surface area contributed by atoms with Gasteiger partial charge in [0.05, 0.1) is 12.6 Å². The lowest BCUT2D eigenvalue weighted by Crippen LogP contribution is -2.45. The molecule has 0 bridgehead atoms. The van der Waals surface area contributed by atoms with Crippen molar-refractivity contribution < 1.29 is 9.53 Å². The van der Waals surface area contributed by atoms with Crippen molar-refractivity contribution >= 4 is 18.3 Å². The number of hydrogen-bond donors (Lipinski definition) is 1. The molecular weight excluding hydrogens is 254 g/mol. The number of halogens is 1. The van der Waals surface area contributed by atoms with Crippen molar-refractivity contribution in [1.82, 2.24) is 9.88 Å². The van der Waals surface area contributed by atoms with E-state index in [0.717, 1.165) is 5.56 Å². The molecule has 0 saturated heterocycles. The number of ether oxygens (including phenoxy) is 1. The molecule has 6 heteroatoms. The zero-order chi connectivity index (χ0) is 12.8. The average Bonchev–Trinajstić information content (AvgIpc) is 2.37. The Hall–Kier alpha value is -1.17. The molecule has 0 aromatic carbocycles. The first-order valence-electron chi connectivity index (χ1n) is 5.49. The van der Waals surface area contributed by atoms with Crippen LogP contribution in [0.5, 0.6) is 0 Å². The summed E-state index contributed by atoms with van der Waals surface area (Å²) >= 11 is 0. The third kappa shape index (κ3) is 4.25. The van der Waals surface area contributed by atoms with Crippen LogP contribution < -0.4 is 5.73 Å². The van der Waals surface area contributed by atoms with Crippen LogP contribution in [0.3, 0.4) is 0 Å². The smallest absolute Gasteiger partial charge is 0.242 e. The van der Waals surface area contributed by atoms with Crippen molar-refractivity contribution in [1.29, 1.82) is 0 Å². The Labute approximate surface area is 114 Å². The minimum atomic E-state index is -0.616.